The zero-order chi connectivity index (χ0) is 49.2. The molecule has 0 saturated heterocycles. The molecule has 0 amide bonds. The van der Waals surface area contributed by atoms with Crippen molar-refractivity contribution in [1.29, 1.82) is 0 Å². The van der Waals surface area contributed by atoms with Crippen LogP contribution >= 0.6 is 0 Å². The first-order chi connectivity index (χ1) is 33.8. The summed E-state index contributed by atoms with van der Waals surface area (Å²) in [4.78, 5) is 52.0. The minimum atomic E-state index is -0.480. The monoisotopic (exact) mass is 932 g/mol. The van der Waals surface area contributed by atoms with Gasteiger partial charge in [-0.05, 0) is 176 Å². The van der Waals surface area contributed by atoms with Gasteiger partial charge >= 0.3 is 17.9 Å². The predicted molar refractivity (Wildman–Crippen MR) is 274 cm³/mol. The Bertz CT molecular complexity index is 3150. The van der Waals surface area contributed by atoms with Crippen molar-refractivity contribution < 1.29 is 38.1 Å². The number of carbonyl (C=O) groups excluding carboxylic acids is 4. The van der Waals surface area contributed by atoms with Crippen molar-refractivity contribution in [1.82, 2.24) is 0 Å². The average molecular weight is 933 g/mol. The Hall–Kier alpha value is -7.32. The molecule has 8 nitrogen and oxygen atoms in total. The summed E-state index contributed by atoms with van der Waals surface area (Å²) in [6, 6.07) is 42.1. The van der Waals surface area contributed by atoms with E-state index in [1.807, 2.05) is 51.1 Å². The zero-order valence-corrected chi connectivity index (χ0v) is 41.0. The fraction of sp³-hybridized carbons (Fsp3) is 0.290. The molecule has 70 heavy (non-hydrogen) atoms. The van der Waals surface area contributed by atoms with Gasteiger partial charge in [0, 0.05) is 16.4 Å². The lowest BCUT2D eigenvalue weighted by Gasteiger charge is -2.39. The van der Waals surface area contributed by atoms with E-state index in [-0.39, 0.29) is 16.6 Å². The Morgan fingerprint density at radius 1 is 0.371 bits per heavy atom. The Balaban J connectivity index is 0.872. The van der Waals surface area contributed by atoms with E-state index in [1.54, 1.807) is 55.6 Å². The second kappa shape index (κ2) is 20.0. The molecule has 0 heterocycles. The van der Waals surface area contributed by atoms with Crippen LogP contribution in [0.5, 0.6) is 23.0 Å². The van der Waals surface area contributed by atoms with E-state index in [0.29, 0.717) is 39.5 Å². The van der Waals surface area contributed by atoms with Crippen molar-refractivity contribution in [2.45, 2.75) is 110 Å². The lowest BCUT2D eigenvalue weighted by Crippen LogP contribution is -2.30. The Morgan fingerprint density at radius 3 is 1.01 bits per heavy atom. The minimum Gasteiger partial charge on any atom is -0.496 e. The second-order valence-corrected chi connectivity index (χ2v) is 19.5. The molecule has 7 aromatic rings. The van der Waals surface area contributed by atoms with Crippen molar-refractivity contribution in [3.8, 4) is 23.0 Å². The molecule has 0 aromatic heterocycles. The summed E-state index contributed by atoms with van der Waals surface area (Å²) in [5.41, 5.74) is 9.92. The molecule has 2 aliphatic carbocycles. The van der Waals surface area contributed by atoms with Gasteiger partial charge in [-0.15, -0.1) is 0 Å². The van der Waals surface area contributed by atoms with Gasteiger partial charge in [-0.25, -0.2) is 14.4 Å². The van der Waals surface area contributed by atoms with Crippen LogP contribution in [0.1, 0.15) is 157 Å². The molecule has 0 aliphatic heterocycles. The summed E-state index contributed by atoms with van der Waals surface area (Å²) < 4.78 is 23.5. The number of esters is 3. The normalized spacial score (nSPS) is 15.2. The molecule has 0 spiro atoms. The topological polar surface area (TPSA) is 105 Å². The summed E-state index contributed by atoms with van der Waals surface area (Å²) in [5, 5.41) is 1.59. The largest absolute Gasteiger partial charge is 0.496 e. The lowest BCUT2D eigenvalue weighted by atomic mass is 9.65. The number of methoxy groups -OCH3 is 1. The number of hydrogen-bond donors (Lipinski definition) is 0. The number of Topliss-reactive ketones (excluding diaryl/α,β-unsaturated/α-hetero) is 1. The van der Waals surface area contributed by atoms with Gasteiger partial charge < -0.3 is 18.9 Å². The number of aryl methyl sites for hydroxylation is 4. The Morgan fingerprint density at radius 2 is 0.686 bits per heavy atom. The van der Waals surface area contributed by atoms with E-state index in [1.165, 1.54) is 24.5 Å². The minimum absolute atomic E-state index is 0.0643. The molecule has 7 aromatic carbocycles. The maximum absolute atomic E-state index is 13.7. The molecule has 9 rings (SSSR count). The highest BCUT2D eigenvalue weighted by Gasteiger charge is 2.38. The fourth-order valence-corrected chi connectivity index (χ4v) is 11.0. The van der Waals surface area contributed by atoms with Crippen molar-refractivity contribution in [2.24, 2.45) is 0 Å². The van der Waals surface area contributed by atoms with E-state index in [4.69, 9.17) is 18.9 Å². The van der Waals surface area contributed by atoms with Gasteiger partial charge in [0.1, 0.15) is 23.0 Å². The van der Waals surface area contributed by atoms with Crippen LogP contribution in [-0.2, 0) is 10.8 Å². The number of hydrogen-bond acceptors (Lipinski definition) is 8. The van der Waals surface area contributed by atoms with E-state index >= 15 is 0 Å². The van der Waals surface area contributed by atoms with Gasteiger partial charge in [-0.1, -0.05) is 111 Å². The molecule has 2 saturated carbocycles. The van der Waals surface area contributed by atoms with Crippen LogP contribution in [0, 0.1) is 27.7 Å². The smallest absolute Gasteiger partial charge is 0.343 e. The highest BCUT2D eigenvalue weighted by molar-refractivity contribution is 6.00. The third-order valence-electron chi connectivity index (χ3n) is 15.0. The molecule has 2 aliphatic rings. The number of benzene rings is 7. The van der Waals surface area contributed by atoms with Gasteiger partial charge in [0.15, 0.2) is 5.78 Å². The highest BCUT2D eigenvalue weighted by Crippen LogP contribution is 2.48. The van der Waals surface area contributed by atoms with Crippen LogP contribution in [0.25, 0.3) is 10.8 Å². The molecule has 0 radical (unpaired) electrons. The van der Waals surface area contributed by atoms with Crippen molar-refractivity contribution in [3.05, 3.63) is 200 Å². The first-order valence-corrected chi connectivity index (χ1v) is 24.6. The number of rotatable bonds is 12. The Labute approximate surface area is 411 Å². The number of fused-ring (bicyclic) bond motifs is 1. The molecule has 0 bridgehead atoms. The van der Waals surface area contributed by atoms with Crippen LogP contribution < -0.4 is 18.9 Å². The van der Waals surface area contributed by atoms with Crippen LogP contribution in [-0.4, -0.2) is 30.8 Å². The number of ether oxygens (including phenoxy) is 4. The van der Waals surface area contributed by atoms with Gasteiger partial charge in [0.25, 0.3) is 0 Å². The van der Waals surface area contributed by atoms with Gasteiger partial charge in [0.05, 0.1) is 23.8 Å². The quantitative estimate of drug-likeness (QED) is 0.0678. The maximum Gasteiger partial charge on any atom is 0.343 e. The zero-order valence-electron chi connectivity index (χ0n) is 41.0. The van der Waals surface area contributed by atoms with Crippen LogP contribution in [0.3, 0.4) is 0 Å². The first kappa shape index (κ1) is 47.7. The highest BCUT2D eigenvalue weighted by atomic mass is 16.5. The standard InChI is InChI=1S/C62H60O8/c1-39-33-50(21-25-54(39)67-6)61(29-9-7-10-30-61)51-23-27-56(41(3)35-51)69-59(65)48-19-17-47-38-49(20-18-46(47)37-48)60(66)70-57-28-24-53(36-42(57)4)62(31-11-8-12-32-62)52-22-26-55(40(2)34-52)68-58(64)45-15-13-44(14-16-45)43(5)63/h13-28,33-38H,7-12,29-32H2,1-6H3. The van der Waals surface area contributed by atoms with Crippen molar-refractivity contribution in [2.75, 3.05) is 7.11 Å². The molecule has 0 atom stereocenters. The Kier molecular flexibility index (Phi) is 13.6. The average Bonchev–Trinajstić information content (AvgIpc) is 3.38. The third kappa shape index (κ3) is 9.52. The van der Waals surface area contributed by atoms with Crippen molar-refractivity contribution in [3.63, 3.8) is 0 Å². The maximum atomic E-state index is 13.7. The molecular formula is C62H60O8. The van der Waals surface area contributed by atoms with Crippen LogP contribution in [0.15, 0.2) is 133 Å². The predicted octanol–water partition coefficient (Wildman–Crippen LogP) is 14.4. The summed E-state index contributed by atoms with van der Waals surface area (Å²) in [5.74, 6) is 0.927. The fourth-order valence-electron chi connectivity index (χ4n) is 11.0. The molecule has 0 N–H and O–H groups in total. The van der Waals surface area contributed by atoms with E-state index in [9.17, 15) is 19.2 Å². The summed E-state index contributed by atoms with van der Waals surface area (Å²) >= 11 is 0. The molecular weight excluding hydrogens is 873 g/mol. The third-order valence-corrected chi connectivity index (χ3v) is 15.0. The van der Waals surface area contributed by atoms with Crippen LogP contribution in [0.2, 0.25) is 0 Å². The van der Waals surface area contributed by atoms with E-state index in [2.05, 4.69) is 61.5 Å². The van der Waals surface area contributed by atoms with Crippen molar-refractivity contribution >= 4 is 34.5 Å². The summed E-state index contributed by atoms with van der Waals surface area (Å²) in [7, 11) is 1.71. The molecule has 356 valence electrons. The molecule has 2 fully saturated rings. The van der Waals surface area contributed by atoms with Gasteiger partial charge in [-0.2, -0.15) is 0 Å². The van der Waals surface area contributed by atoms with E-state index < -0.39 is 17.9 Å². The number of carbonyl (C=O) groups is 4. The lowest BCUT2D eigenvalue weighted by molar-refractivity contribution is 0.0723. The van der Waals surface area contributed by atoms with Crippen LogP contribution in [0.4, 0.5) is 0 Å². The summed E-state index contributed by atoms with van der Waals surface area (Å²) in [6.45, 7) is 9.50. The number of ketones is 1. The molecule has 0 unspecified atom stereocenters. The SMILES string of the molecule is COc1ccc(C2(c3ccc(OC(=O)c4ccc5cc(C(=O)Oc6ccc(C7(c8ccc(OC(=O)c9ccc(C(C)=O)cc9)c(C)c8)CCCCC7)cc6C)ccc5c4)c(C)c3)CCCCC2)cc1C. The summed E-state index contributed by atoms with van der Waals surface area (Å²) in [6.07, 6.45) is 10.9. The van der Waals surface area contributed by atoms with Gasteiger partial charge in [0.2, 0.25) is 0 Å². The first-order valence-electron chi connectivity index (χ1n) is 24.6. The van der Waals surface area contributed by atoms with Gasteiger partial charge in [-0.3, -0.25) is 4.79 Å². The molecule has 8 heteroatoms. The second-order valence-electron chi connectivity index (χ2n) is 19.5. The van der Waals surface area contributed by atoms with E-state index in [0.717, 1.165) is 108 Å².